The van der Waals surface area contributed by atoms with E-state index < -0.39 is 41.2 Å². The number of nitrogens with zero attached hydrogens (tertiary/aromatic N) is 2. The maximum atomic E-state index is 13.6. The van der Waals surface area contributed by atoms with E-state index >= 15 is 0 Å². The smallest absolute Gasteiger partial charge is 0.408 e. The molecule has 0 radical (unpaired) electrons. The first-order chi connectivity index (χ1) is 17.6. The zero-order valence-corrected chi connectivity index (χ0v) is 24.3. The molecule has 10 heteroatoms. The molecule has 1 fully saturated rings. The lowest BCUT2D eigenvalue weighted by Gasteiger charge is -2.35. The number of aliphatic hydroxyl groups excluding tert-OH is 1. The lowest BCUT2D eigenvalue weighted by Crippen LogP contribution is -2.58. The standard InChI is InChI=1S/C28H40N4O5S/c1-16(18-9-11-19(12-10-18)22-17(2)29-15-38-22)30-24(34)21-13-20(33)14-32(21)25(35)23(27(3,4)5)31-26(36)37-28(6,7)8/h9-12,15-16,20-21,23,33H,13-14H2,1-8H3,(H,30,34)(H,31,36)/t16-,20-,21+,23+/m0/s1. The van der Waals surface area contributed by atoms with Gasteiger partial charge in [0.25, 0.3) is 0 Å². The fourth-order valence-corrected chi connectivity index (χ4v) is 5.25. The average molecular weight is 545 g/mol. The molecule has 1 aliphatic heterocycles. The van der Waals surface area contributed by atoms with Crippen LogP contribution in [0.2, 0.25) is 0 Å². The molecule has 0 bridgehead atoms. The highest BCUT2D eigenvalue weighted by atomic mass is 32.1. The number of aliphatic hydroxyl groups is 1. The number of nitrogens with one attached hydrogen (secondary N) is 2. The molecule has 0 saturated carbocycles. The summed E-state index contributed by atoms with van der Waals surface area (Å²) in [4.78, 5) is 46.3. The van der Waals surface area contributed by atoms with Crippen LogP contribution in [0.25, 0.3) is 10.4 Å². The summed E-state index contributed by atoms with van der Waals surface area (Å²) in [5, 5.41) is 16.1. The maximum absolute atomic E-state index is 13.6. The van der Waals surface area contributed by atoms with Gasteiger partial charge in [-0.15, -0.1) is 11.3 Å². The van der Waals surface area contributed by atoms with Gasteiger partial charge >= 0.3 is 6.09 Å². The van der Waals surface area contributed by atoms with Crippen molar-refractivity contribution in [1.82, 2.24) is 20.5 Å². The highest BCUT2D eigenvalue weighted by Gasteiger charge is 2.45. The largest absolute Gasteiger partial charge is 0.444 e. The van der Waals surface area contributed by atoms with Crippen LogP contribution in [0.1, 0.15) is 72.2 Å². The van der Waals surface area contributed by atoms with Crippen LogP contribution in [0.4, 0.5) is 4.79 Å². The summed E-state index contributed by atoms with van der Waals surface area (Å²) in [6.07, 6.45) is -1.43. The van der Waals surface area contributed by atoms with Crippen LogP contribution in [0.5, 0.6) is 0 Å². The topological polar surface area (TPSA) is 121 Å². The third kappa shape index (κ3) is 7.32. The van der Waals surface area contributed by atoms with E-state index in [1.807, 2.05) is 64.4 Å². The molecular formula is C28H40N4O5S. The third-order valence-electron chi connectivity index (χ3n) is 6.42. The van der Waals surface area contributed by atoms with Crippen molar-refractivity contribution in [2.24, 2.45) is 5.41 Å². The second-order valence-corrected chi connectivity index (χ2v) is 12.8. The number of carbonyl (C=O) groups excluding carboxylic acids is 3. The molecular weight excluding hydrogens is 504 g/mol. The quantitative estimate of drug-likeness (QED) is 0.501. The molecule has 0 unspecified atom stereocenters. The van der Waals surface area contributed by atoms with Crippen LogP contribution in [-0.4, -0.2) is 63.2 Å². The van der Waals surface area contributed by atoms with Crippen LogP contribution in [0.3, 0.4) is 0 Å². The third-order valence-corrected chi connectivity index (χ3v) is 7.39. The molecule has 0 aliphatic carbocycles. The van der Waals surface area contributed by atoms with Gasteiger partial charge < -0.3 is 25.4 Å². The average Bonchev–Trinajstić information content (AvgIpc) is 3.40. The number of amides is 3. The molecule has 9 nitrogen and oxygen atoms in total. The zero-order valence-electron chi connectivity index (χ0n) is 23.5. The first-order valence-electron chi connectivity index (χ1n) is 12.9. The van der Waals surface area contributed by atoms with E-state index in [0.717, 1.165) is 21.7 Å². The lowest BCUT2D eigenvalue weighted by atomic mass is 9.85. The Balaban J connectivity index is 1.72. The van der Waals surface area contributed by atoms with Crippen LogP contribution >= 0.6 is 11.3 Å². The van der Waals surface area contributed by atoms with Crippen LogP contribution in [0, 0.1) is 12.3 Å². The number of rotatable bonds is 6. The van der Waals surface area contributed by atoms with Gasteiger partial charge in [-0.25, -0.2) is 9.78 Å². The van der Waals surface area contributed by atoms with Crippen molar-refractivity contribution < 1.29 is 24.2 Å². The van der Waals surface area contributed by atoms with Gasteiger partial charge in [-0.05, 0) is 51.2 Å². The molecule has 2 aromatic rings. The number of carbonyl (C=O) groups is 3. The minimum Gasteiger partial charge on any atom is -0.444 e. The van der Waals surface area contributed by atoms with Gasteiger partial charge in [-0.1, -0.05) is 45.0 Å². The number of alkyl carbamates (subject to hydrolysis) is 1. The van der Waals surface area contributed by atoms with E-state index in [2.05, 4.69) is 15.6 Å². The van der Waals surface area contributed by atoms with Crippen molar-refractivity contribution in [3.63, 3.8) is 0 Å². The van der Waals surface area contributed by atoms with Crippen molar-refractivity contribution in [2.75, 3.05) is 6.54 Å². The fourth-order valence-electron chi connectivity index (χ4n) is 4.44. The van der Waals surface area contributed by atoms with Crippen molar-refractivity contribution in [1.29, 1.82) is 0 Å². The zero-order chi connectivity index (χ0) is 28.4. The summed E-state index contributed by atoms with van der Waals surface area (Å²) in [6.45, 7) is 14.6. The molecule has 1 aromatic carbocycles. The molecule has 3 N–H and O–H groups in total. The Morgan fingerprint density at radius 1 is 1.11 bits per heavy atom. The van der Waals surface area contributed by atoms with Gasteiger partial charge in [-0.2, -0.15) is 0 Å². The van der Waals surface area contributed by atoms with Crippen molar-refractivity contribution in [2.45, 2.75) is 91.6 Å². The van der Waals surface area contributed by atoms with Crippen molar-refractivity contribution >= 4 is 29.2 Å². The maximum Gasteiger partial charge on any atom is 0.408 e. The van der Waals surface area contributed by atoms with Crippen LogP contribution < -0.4 is 10.6 Å². The van der Waals surface area contributed by atoms with E-state index in [0.29, 0.717) is 0 Å². The first kappa shape index (κ1) is 29.6. The van der Waals surface area contributed by atoms with Gasteiger partial charge in [0.05, 0.1) is 28.2 Å². The Morgan fingerprint density at radius 2 is 1.74 bits per heavy atom. The number of hydrogen-bond donors (Lipinski definition) is 3. The Morgan fingerprint density at radius 3 is 2.26 bits per heavy atom. The van der Waals surface area contributed by atoms with E-state index in [4.69, 9.17) is 4.74 Å². The van der Waals surface area contributed by atoms with E-state index in [9.17, 15) is 19.5 Å². The fraction of sp³-hybridized carbons (Fsp3) is 0.571. The second-order valence-electron chi connectivity index (χ2n) is 12.0. The number of β-amino-alcohol motifs (C(OH)–C–C–N with tert-alkyl or cyclic N) is 1. The van der Waals surface area contributed by atoms with Crippen LogP contribution in [0.15, 0.2) is 29.8 Å². The summed E-state index contributed by atoms with van der Waals surface area (Å²) in [5.74, 6) is -0.785. The summed E-state index contributed by atoms with van der Waals surface area (Å²) in [7, 11) is 0. The molecule has 0 spiro atoms. The van der Waals surface area contributed by atoms with Gasteiger partial charge in [0.1, 0.15) is 17.7 Å². The van der Waals surface area contributed by atoms with E-state index in [1.165, 1.54) is 4.90 Å². The Kier molecular flexibility index (Phi) is 8.88. The number of hydrogen-bond acceptors (Lipinski definition) is 7. The van der Waals surface area contributed by atoms with Gasteiger partial charge in [0, 0.05) is 13.0 Å². The summed E-state index contributed by atoms with van der Waals surface area (Å²) < 4.78 is 5.36. The summed E-state index contributed by atoms with van der Waals surface area (Å²) >= 11 is 1.58. The van der Waals surface area contributed by atoms with Gasteiger partial charge in [0.2, 0.25) is 11.8 Å². The van der Waals surface area contributed by atoms with E-state index in [1.54, 1.807) is 32.1 Å². The molecule has 2 heterocycles. The predicted octanol–water partition coefficient (Wildman–Crippen LogP) is 4.20. The molecule has 208 valence electrons. The van der Waals surface area contributed by atoms with Crippen LogP contribution in [-0.2, 0) is 14.3 Å². The number of aromatic nitrogens is 1. The number of thiazole rings is 1. The minimum absolute atomic E-state index is 0.0107. The molecule has 1 saturated heterocycles. The highest BCUT2D eigenvalue weighted by molar-refractivity contribution is 7.13. The molecule has 1 aliphatic rings. The molecule has 4 atom stereocenters. The van der Waals surface area contributed by atoms with Gasteiger partial charge in [-0.3, -0.25) is 9.59 Å². The summed E-state index contributed by atoms with van der Waals surface area (Å²) in [6, 6.07) is 5.82. The Hall–Kier alpha value is -2.98. The molecule has 1 aromatic heterocycles. The monoisotopic (exact) mass is 544 g/mol. The number of benzene rings is 1. The number of ether oxygens (including phenoxy) is 1. The van der Waals surface area contributed by atoms with Crippen molar-refractivity contribution in [3.8, 4) is 10.4 Å². The predicted molar refractivity (Wildman–Crippen MR) is 148 cm³/mol. The highest BCUT2D eigenvalue weighted by Crippen LogP contribution is 2.29. The SMILES string of the molecule is Cc1ncsc1-c1ccc([C@H](C)NC(=O)[C@H]2C[C@H](O)CN2C(=O)[C@@H](NC(=O)OC(C)(C)C)C(C)(C)C)cc1. The second kappa shape index (κ2) is 11.4. The molecule has 3 rings (SSSR count). The normalized spacial score (nSPS) is 19.6. The van der Waals surface area contributed by atoms with Gasteiger partial charge in [0.15, 0.2) is 0 Å². The molecule has 38 heavy (non-hydrogen) atoms. The first-order valence-corrected chi connectivity index (χ1v) is 13.7. The van der Waals surface area contributed by atoms with Crippen molar-refractivity contribution in [3.05, 3.63) is 41.0 Å². The van der Waals surface area contributed by atoms with E-state index in [-0.39, 0.29) is 24.9 Å². The Bertz CT molecular complexity index is 1150. The molecule has 3 amide bonds. The number of likely N-dealkylation sites (tertiary alicyclic amines) is 1. The number of aryl methyl sites for hydroxylation is 1. The Labute approximate surface area is 229 Å². The lowest BCUT2D eigenvalue weighted by molar-refractivity contribution is -0.142. The summed E-state index contributed by atoms with van der Waals surface area (Å²) in [5.41, 5.74) is 3.39. The minimum atomic E-state index is -0.946.